The summed E-state index contributed by atoms with van der Waals surface area (Å²) in [6.45, 7) is 1.55. The maximum atomic E-state index is 13.5. The van der Waals surface area contributed by atoms with Crippen LogP contribution in [0.4, 0.5) is 21.9 Å². The summed E-state index contributed by atoms with van der Waals surface area (Å²) in [5.41, 5.74) is -0.236. The molecule has 6 rings (SSSR count). The first-order valence-corrected chi connectivity index (χ1v) is 13.0. The molecule has 0 radical (unpaired) electrons. The van der Waals surface area contributed by atoms with Gasteiger partial charge >= 0.3 is 11.7 Å². The molecule has 0 aliphatic carbocycles. The van der Waals surface area contributed by atoms with Gasteiger partial charge in [-0.3, -0.25) is 39.1 Å². The number of urea groups is 1. The van der Waals surface area contributed by atoms with Gasteiger partial charge in [0.2, 0.25) is 17.7 Å². The van der Waals surface area contributed by atoms with Crippen LogP contribution in [0.25, 0.3) is 0 Å². The molecule has 13 heteroatoms. The van der Waals surface area contributed by atoms with Gasteiger partial charge in [-0.05, 0) is 42.3 Å². The number of rotatable bonds is 3. The number of fused-ring (bicyclic) bond motifs is 4. The van der Waals surface area contributed by atoms with Crippen molar-refractivity contribution in [2.45, 2.75) is 12.5 Å². The number of nitrogens with zero attached hydrogens (tertiary/aromatic N) is 5. The summed E-state index contributed by atoms with van der Waals surface area (Å²) in [7, 11) is 2.64. The van der Waals surface area contributed by atoms with Crippen LogP contribution < -0.4 is 31.7 Å². The largest absolute Gasteiger partial charge is 0.494 e. The predicted octanol–water partition coefficient (Wildman–Crippen LogP) is 0.144. The third kappa shape index (κ3) is 4.00. The third-order valence-electron chi connectivity index (χ3n) is 8.19. The summed E-state index contributed by atoms with van der Waals surface area (Å²) in [5, 5.41) is 15.0. The lowest BCUT2D eigenvalue weighted by Gasteiger charge is -2.54. The van der Waals surface area contributed by atoms with Gasteiger partial charge in [-0.25, -0.2) is 9.59 Å². The quantitative estimate of drug-likeness (QED) is 0.303. The van der Waals surface area contributed by atoms with Gasteiger partial charge in [0.05, 0.1) is 11.7 Å². The third-order valence-corrected chi connectivity index (χ3v) is 8.19. The Morgan fingerprint density at radius 1 is 0.951 bits per heavy atom. The number of hydrogen-bond donors (Lipinski definition) is 3. The van der Waals surface area contributed by atoms with E-state index in [1.54, 1.807) is 12.1 Å². The van der Waals surface area contributed by atoms with Crippen molar-refractivity contribution < 1.29 is 19.5 Å². The summed E-state index contributed by atoms with van der Waals surface area (Å²) >= 11 is 0. The molecule has 210 valence electrons. The molecule has 1 aromatic heterocycles. The van der Waals surface area contributed by atoms with Crippen LogP contribution in [0, 0.1) is 5.41 Å². The van der Waals surface area contributed by atoms with Gasteiger partial charge in [0.1, 0.15) is 5.56 Å². The van der Waals surface area contributed by atoms with E-state index in [1.807, 2.05) is 41.3 Å². The van der Waals surface area contributed by atoms with E-state index < -0.39 is 46.4 Å². The lowest BCUT2D eigenvalue weighted by atomic mass is 9.68. The highest BCUT2D eigenvalue weighted by atomic mass is 16.3. The molecule has 1 spiro atoms. The number of carbonyl (C=O) groups excluding carboxylic acids is 3. The molecule has 3 aromatic rings. The molecule has 0 bridgehead atoms. The molecule has 2 aromatic carbocycles. The average molecular weight is 558 g/mol. The lowest BCUT2D eigenvalue weighted by molar-refractivity contribution is -0.146. The van der Waals surface area contributed by atoms with Crippen molar-refractivity contribution in [1.29, 1.82) is 0 Å². The average Bonchev–Trinajstić information content (AvgIpc) is 2.97. The molecule has 3 N–H and O–H groups in total. The van der Waals surface area contributed by atoms with Gasteiger partial charge in [0, 0.05) is 51.3 Å². The molecule has 4 amide bonds. The number of imide groups is 2. The molecule has 0 saturated carbocycles. The van der Waals surface area contributed by atoms with E-state index in [-0.39, 0.29) is 12.0 Å². The Morgan fingerprint density at radius 2 is 1.66 bits per heavy atom. The lowest BCUT2D eigenvalue weighted by Crippen LogP contribution is -2.74. The van der Waals surface area contributed by atoms with Crippen LogP contribution >= 0.6 is 0 Å². The van der Waals surface area contributed by atoms with E-state index >= 15 is 0 Å². The van der Waals surface area contributed by atoms with E-state index in [2.05, 4.69) is 20.5 Å². The molecular formula is C28H27N7O6. The van der Waals surface area contributed by atoms with Crippen molar-refractivity contribution in [3.05, 3.63) is 80.5 Å². The fourth-order valence-electron chi connectivity index (χ4n) is 6.00. The van der Waals surface area contributed by atoms with Gasteiger partial charge in [0.15, 0.2) is 5.41 Å². The van der Waals surface area contributed by atoms with E-state index in [1.165, 1.54) is 20.3 Å². The molecular weight excluding hydrogens is 530 g/mol. The van der Waals surface area contributed by atoms with Crippen LogP contribution in [-0.2, 0) is 30.1 Å². The number of benzene rings is 2. The number of carbonyl (C=O) groups is 3. The van der Waals surface area contributed by atoms with Crippen LogP contribution in [0.1, 0.15) is 11.1 Å². The maximum absolute atomic E-state index is 13.5. The zero-order valence-corrected chi connectivity index (χ0v) is 22.3. The van der Waals surface area contributed by atoms with Crippen molar-refractivity contribution in [2.24, 2.45) is 24.5 Å². The van der Waals surface area contributed by atoms with Crippen LogP contribution in [0.15, 0.2) is 63.1 Å². The molecule has 4 heterocycles. The van der Waals surface area contributed by atoms with Crippen LogP contribution in [0.2, 0.25) is 0 Å². The molecule has 41 heavy (non-hydrogen) atoms. The predicted molar refractivity (Wildman–Crippen MR) is 150 cm³/mol. The van der Waals surface area contributed by atoms with Crippen LogP contribution in [0.5, 0.6) is 5.88 Å². The molecule has 0 unspecified atom stereocenters. The summed E-state index contributed by atoms with van der Waals surface area (Å²) in [4.78, 5) is 72.2. The van der Waals surface area contributed by atoms with Crippen molar-refractivity contribution in [2.75, 3.05) is 29.4 Å². The van der Waals surface area contributed by atoms with E-state index in [9.17, 15) is 29.1 Å². The Morgan fingerprint density at radius 3 is 2.37 bits per heavy atom. The second-order valence-corrected chi connectivity index (χ2v) is 10.4. The number of piperazine rings is 1. The van der Waals surface area contributed by atoms with Crippen molar-refractivity contribution in [3.8, 4) is 5.88 Å². The van der Waals surface area contributed by atoms with Crippen LogP contribution in [-0.4, -0.2) is 64.0 Å². The molecule has 13 nitrogen and oxygen atoms in total. The minimum absolute atomic E-state index is 0.0211. The number of amides is 4. The summed E-state index contributed by atoms with van der Waals surface area (Å²) in [6, 6.07) is 13.6. The number of nitrogens with one attached hydrogen (secondary N) is 2. The number of para-hydroxylation sites is 1. The zero-order chi connectivity index (χ0) is 29.1. The highest BCUT2D eigenvalue weighted by Gasteiger charge is 2.60. The van der Waals surface area contributed by atoms with Gasteiger partial charge in [-0.1, -0.05) is 18.2 Å². The van der Waals surface area contributed by atoms with Crippen molar-refractivity contribution >= 4 is 41.1 Å². The number of barbiturate groups is 1. The number of hydrogen-bond acceptors (Lipinski definition) is 9. The van der Waals surface area contributed by atoms with Crippen LogP contribution in [0.3, 0.4) is 0 Å². The number of aromatic hydroxyl groups is 1. The Hall–Kier alpha value is -5.20. The molecule has 2 saturated heterocycles. The Balaban J connectivity index is 1.41. The summed E-state index contributed by atoms with van der Waals surface area (Å²) in [6.07, 6.45) is 1.20. The second-order valence-electron chi connectivity index (χ2n) is 10.4. The van der Waals surface area contributed by atoms with E-state index in [4.69, 9.17) is 0 Å². The highest BCUT2D eigenvalue weighted by molar-refractivity contribution is 6.20. The minimum atomic E-state index is -1.58. The maximum Gasteiger partial charge on any atom is 0.333 e. The minimum Gasteiger partial charge on any atom is -0.494 e. The van der Waals surface area contributed by atoms with E-state index in [0.29, 0.717) is 30.9 Å². The van der Waals surface area contributed by atoms with E-state index in [0.717, 1.165) is 20.5 Å². The number of aliphatic imine (C=N–C) groups is 1. The summed E-state index contributed by atoms with van der Waals surface area (Å²) < 4.78 is 1.81. The number of aromatic nitrogens is 2. The molecule has 3 aliphatic rings. The normalized spacial score (nSPS) is 19.7. The highest BCUT2D eigenvalue weighted by Crippen LogP contribution is 2.45. The Labute approximate surface area is 233 Å². The zero-order valence-electron chi connectivity index (χ0n) is 22.3. The second kappa shape index (κ2) is 9.47. The Kier molecular flexibility index (Phi) is 6.01. The number of anilines is 2. The van der Waals surface area contributed by atoms with Gasteiger partial charge in [-0.2, -0.15) is 0 Å². The Bertz CT molecular complexity index is 1740. The smallest absolute Gasteiger partial charge is 0.333 e. The first kappa shape index (κ1) is 26.0. The summed E-state index contributed by atoms with van der Waals surface area (Å²) in [5.74, 6) is -1.83. The SMILES string of the molecule is Cn1c(O)c(C=Nc2ccc3c(c2)CC2(C(=O)NC(=O)NC2=O)[C@H]2CN(c4ccccc4)CCN32)c(=O)n(C)c1=O. The monoisotopic (exact) mass is 557 g/mol. The fraction of sp³-hybridized carbons (Fsp3) is 0.286. The van der Waals surface area contributed by atoms with Gasteiger partial charge in [-0.15, -0.1) is 0 Å². The first-order valence-electron chi connectivity index (χ1n) is 13.0. The topological polar surface area (TPSA) is 158 Å². The van der Waals surface area contributed by atoms with Crippen molar-refractivity contribution in [3.63, 3.8) is 0 Å². The molecule has 1 atom stereocenters. The van der Waals surface area contributed by atoms with Crippen molar-refractivity contribution in [1.82, 2.24) is 19.8 Å². The van der Waals surface area contributed by atoms with Gasteiger partial charge < -0.3 is 14.9 Å². The fourth-order valence-corrected chi connectivity index (χ4v) is 6.00. The first-order chi connectivity index (χ1) is 19.6. The van der Waals surface area contributed by atoms with Gasteiger partial charge in [0.25, 0.3) is 5.56 Å². The molecule has 3 aliphatic heterocycles. The standard InChI is InChI=1S/C28H27N7O6/c1-32-22(36)19(23(37)33(2)27(32)41)14-29-17-8-9-20-16(12-17)13-28(24(38)30-26(40)31-25(28)39)21-15-34(10-11-35(20)21)18-6-4-3-5-7-18/h3-9,12,14,21,36H,10-11,13,15H2,1-2H3,(H2,30,31,38,39,40)/t21-/m1/s1. The molecule has 2 fully saturated rings.